The summed E-state index contributed by atoms with van der Waals surface area (Å²) in [7, 11) is 0. The molecule has 0 saturated carbocycles. The number of thiazole rings is 1. The minimum atomic E-state index is -0.637. The highest BCUT2D eigenvalue weighted by Crippen LogP contribution is 2.33. The third-order valence-corrected chi connectivity index (χ3v) is 8.54. The van der Waals surface area contributed by atoms with Gasteiger partial charge in [-0.25, -0.2) is 9.79 Å². The van der Waals surface area contributed by atoms with Crippen LogP contribution in [-0.4, -0.2) is 10.5 Å². The van der Waals surface area contributed by atoms with Crippen LogP contribution in [0.2, 0.25) is 5.02 Å². The highest BCUT2D eigenvalue weighted by molar-refractivity contribution is 7.10. The van der Waals surface area contributed by atoms with Crippen molar-refractivity contribution in [3.05, 3.63) is 136 Å². The predicted molar refractivity (Wildman–Crippen MR) is 153 cm³/mol. The fourth-order valence-electron chi connectivity index (χ4n) is 4.46. The van der Waals surface area contributed by atoms with Crippen LogP contribution < -0.4 is 14.9 Å². The number of carbonyl (C=O) groups excluding carboxylic acids is 1. The van der Waals surface area contributed by atoms with Gasteiger partial charge in [0.1, 0.15) is 24.2 Å². The number of thiophene rings is 1. The van der Waals surface area contributed by atoms with E-state index in [1.165, 1.54) is 22.7 Å². The van der Waals surface area contributed by atoms with Crippen molar-refractivity contribution in [3.8, 4) is 11.3 Å². The first-order valence-electron chi connectivity index (χ1n) is 12.1. The summed E-state index contributed by atoms with van der Waals surface area (Å²) in [4.78, 5) is 33.2. The molecule has 0 fully saturated rings. The Morgan fingerprint density at radius 2 is 1.87 bits per heavy atom. The molecule has 1 aliphatic rings. The number of ether oxygens (including phenoxy) is 1. The van der Waals surface area contributed by atoms with Gasteiger partial charge in [0.05, 0.1) is 20.8 Å². The minimum Gasteiger partial charge on any atom is -0.457 e. The summed E-state index contributed by atoms with van der Waals surface area (Å²) in [5.74, 6) is 0.625. The Kier molecular flexibility index (Phi) is 6.91. The molecule has 1 atom stereocenters. The molecule has 6 nitrogen and oxygen atoms in total. The Bertz CT molecular complexity index is 1880. The number of carbonyl (C=O) groups is 1. The fourth-order valence-corrected chi connectivity index (χ4v) is 6.54. The molecule has 0 radical (unpaired) electrons. The lowest BCUT2D eigenvalue weighted by Crippen LogP contribution is -2.39. The summed E-state index contributed by atoms with van der Waals surface area (Å²) in [6.45, 7) is 1.91. The number of furan rings is 1. The molecule has 0 bridgehead atoms. The second kappa shape index (κ2) is 10.6. The number of hydrogen-bond donors (Lipinski definition) is 0. The fraction of sp³-hybridized carbons (Fsp3) is 0.100. The third kappa shape index (κ3) is 4.94. The van der Waals surface area contributed by atoms with Crippen LogP contribution in [0, 0.1) is 0 Å². The molecule has 0 spiro atoms. The third-order valence-electron chi connectivity index (χ3n) is 6.31. The molecule has 0 N–H and O–H groups in total. The van der Waals surface area contributed by atoms with Crippen molar-refractivity contribution < 1.29 is 13.9 Å². The molecule has 6 rings (SSSR count). The maximum atomic E-state index is 13.8. The van der Waals surface area contributed by atoms with Crippen molar-refractivity contribution in [2.45, 2.75) is 19.6 Å². The zero-order valence-electron chi connectivity index (χ0n) is 20.7. The van der Waals surface area contributed by atoms with E-state index in [1.807, 2.05) is 72.1 Å². The lowest BCUT2D eigenvalue weighted by Gasteiger charge is -2.23. The van der Waals surface area contributed by atoms with Crippen molar-refractivity contribution in [3.63, 3.8) is 0 Å². The molecule has 3 aromatic heterocycles. The molecule has 194 valence electrons. The van der Waals surface area contributed by atoms with Gasteiger partial charge < -0.3 is 9.15 Å². The molecular formula is C30H21ClN2O4S2. The van der Waals surface area contributed by atoms with Crippen LogP contribution in [0.15, 0.2) is 110 Å². The SMILES string of the molecule is CC1=C(C(=O)OCc2ccccc2)[C@@H](c2cccs2)n2c(s/c(=C/c3ccc(-c4ccccc4Cl)o3)c2=O)=N1. The van der Waals surface area contributed by atoms with Gasteiger partial charge in [-0.15, -0.1) is 11.3 Å². The molecule has 1 aliphatic heterocycles. The first-order chi connectivity index (χ1) is 19.0. The summed E-state index contributed by atoms with van der Waals surface area (Å²) in [6, 6.07) is 23.7. The number of esters is 1. The number of halogens is 1. The molecule has 0 saturated heterocycles. The summed E-state index contributed by atoms with van der Waals surface area (Å²) in [5.41, 5.74) is 2.27. The van der Waals surface area contributed by atoms with Crippen molar-refractivity contribution in [1.82, 2.24) is 4.57 Å². The largest absolute Gasteiger partial charge is 0.457 e. The maximum absolute atomic E-state index is 13.8. The van der Waals surface area contributed by atoms with E-state index in [1.54, 1.807) is 29.7 Å². The van der Waals surface area contributed by atoms with Gasteiger partial charge in [-0.2, -0.15) is 0 Å². The van der Waals surface area contributed by atoms with Gasteiger partial charge in [0.25, 0.3) is 5.56 Å². The quantitative estimate of drug-likeness (QED) is 0.236. The van der Waals surface area contributed by atoms with Gasteiger partial charge in [0.15, 0.2) is 4.80 Å². The molecule has 9 heteroatoms. The van der Waals surface area contributed by atoms with Gasteiger partial charge in [0, 0.05) is 16.5 Å². The lowest BCUT2D eigenvalue weighted by molar-refractivity contribution is -0.140. The smallest absolute Gasteiger partial charge is 0.338 e. The zero-order valence-corrected chi connectivity index (χ0v) is 23.1. The molecule has 5 aromatic rings. The second-order valence-electron chi connectivity index (χ2n) is 8.84. The average molecular weight is 573 g/mol. The summed E-state index contributed by atoms with van der Waals surface area (Å²) >= 11 is 9.05. The van der Waals surface area contributed by atoms with Gasteiger partial charge >= 0.3 is 5.97 Å². The highest BCUT2D eigenvalue weighted by atomic mass is 35.5. The summed E-state index contributed by atoms with van der Waals surface area (Å²) in [6.07, 6.45) is 1.70. The summed E-state index contributed by atoms with van der Waals surface area (Å²) < 4.78 is 13.7. The normalized spacial score (nSPS) is 15.2. The van der Waals surface area contributed by atoms with E-state index < -0.39 is 12.0 Å². The van der Waals surface area contributed by atoms with Crippen LogP contribution in [0.4, 0.5) is 0 Å². The predicted octanol–water partition coefficient (Wildman–Crippen LogP) is 5.95. The molecule has 4 heterocycles. The van der Waals surface area contributed by atoms with Gasteiger partial charge in [-0.3, -0.25) is 9.36 Å². The monoisotopic (exact) mass is 572 g/mol. The van der Waals surface area contributed by atoms with E-state index in [4.69, 9.17) is 20.8 Å². The van der Waals surface area contributed by atoms with E-state index in [0.717, 1.165) is 16.0 Å². The molecule has 0 amide bonds. The highest BCUT2D eigenvalue weighted by Gasteiger charge is 2.34. The Hall–Kier alpha value is -3.98. The van der Waals surface area contributed by atoms with Gasteiger partial charge in [0.2, 0.25) is 0 Å². The average Bonchev–Trinajstić information content (AvgIpc) is 3.70. The molecule has 39 heavy (non-hydrogen) atoms. The number of hydrogen-bond acceptors (Lipinski definition) is 7. The first kappa shape index (κ1) is 25.3. The second-order valence-corrected chi connectivity index (χ2v) is 11.2. The number of nitrogens with zero attached hydrogens (tertiary/aromatic N) is 2. The van der Waals surface area contributed by atoms with E-state index in [-0.39, 0.29) is 12.2 Å². The van der Waals surface area contributed by atoms with Crippen LogP contribution >= 0.6 is 34.3 Å². The summed E-state index contributed by atoms with van der Waals surface area (Å²) in [5, 5.41) is 2.50. The van der Waals surface area contributed by atoms with Crippen LogP contribution in [-0.2, 0) is 16.1 Å². The van der Waals surface area contributed by atoms with Gasteiger partial charge in [-0.05, 0) is 48.2 Å². The van der Waals surface area contributed by atoms with Crippen LogP contribution in [0.1, 0.15) is 29.2 Å². The molecular weight excluding hydrogens is 552 g/mol. The van der Waals surface area contributed by atoms with Crippen LogP contribution in [0.25, 0.3) is 17.4 Å². The Balaban J connectivity index is 1.39. The van der Waals surface area contributed by atoms with E-state index in [0.29, 0.717) is 37.1 Å². The lowest BCUT2D eigenvalue weighted by atomic mass is 10.0. The van der Waals surface area contributed by atoms with Gasteiger partial charge in [-0.1, -0.05) is 71.5 Å². The Morgan fingerprint density at radius 3 is 2.64 bits per heavy atom. The Morgan fingerprint density at radius 1 is 1.08 bits per heavy atom. The van der Waals surface area contributed by atoms with E-state index >= 15 is 0 Å². The van der Waals surface area contributed by atoms with Crippen molar-refractivity contribution in [2.75, 3.05) is 0 Å². The number of aromatic nitrogens is 1. The maximum Gasteiger partial charge on any atom is 0.338 e. The standard InChI is InChI=1S/C30H21ClN2O4S2/c1-18-26(29(35)36-17-19-8-3-2-4-9-19)27(24-12-7-15-38-24)33-28(34)25(39-30(33)32-18)16-20-13-14-23(37-20)21-10-5-6-11-22(21)31/h2-16,27H,17H2,1H3/b25-16+/t27-/m1/s1. The molecule has 2 aromatic carbocycles. The number of fused-ring (bicyclic) bond motifs is 1. The van der Waals surface area contributed by atoms with Crippen LogP contribution in [0.3, 0.4) is 0 Å². The molecule has 0 aliphatic carbocycles. The van der Waals surface area contributed by atoms with Crippen molar-refractivity contribution in [1.29, 1.82) is 0 Å². The molecule has 0 unspecified atom stereocenters. The van der Waals surface area contributed by atoms with E-state index in [9.17, 15) is 9.59 Å². The van der Waals surface area contributed by atoms with Crippen molar-refractivity contribution in [2.24, 2.45) is 4.99 Å². The zero-order chi connectivity index (χ0) is 26.9. The first-order valence-corrected chi connectivity index (χ1v) is 14.2. The van der Waals surface area contributed by atoms with Crippen molar-refractivity contribution >= 4 is 46.3 Å². The number of rotatable bonds is 6. The minimum absolute atomic E-state index is 0.129. The van der Waals surface area contributed by atoms with Crippen LogP contribution in [0.5, 0.6) is 0 Å². The topological polar surface area (TPSA) is 73.8 Å². The van der Waals surface area contributed by atoms with E-state index in [2.05, 4.69) is 4.99 Å². The number of benzene rings is 2. The Labute approximate surface area is 236 Å². The number of allylic oxidation sites excluding steroid dienone is 1.